The van der Waals surface area contributed by atoms with E-state index in [9.17, 15) is 9.59 Å². The molecule has 164 valence electrons. The Balaban J connectivity index is 1.20. The molecule has 10 heteroatoms. The molecule has 0 radical (unpaired) electrons. The molecule has 3 aromatic heterocycles. The summed E-state index contributed by atoms with van der Waals surface area (Å²) in [6, 6.07) is 17.0. The fourth-order valence-corrected chi connectivity index (χ4v) is 4.77. The van der Waals surface area contributed by atoms with Gasteiger partial charge in [-0.15, -0.1) is 11.3 Å². The van der Waals surface area contributed by atoms with Gasteiger partial charge in [0.05, 0.1) is 16.7 Å². The zero-order valence-corrected chi connectivity index (χ0v) is 18.8. The Bertz CT molecular complexity index is 1420. The number of carbonyl (C=O) groups excluding carboxylic acids is 2. The number of aromatic amines is 2. The fraction of sp³-hybridized carbons (Fsp3) is 0.0435. The van der Waals surface area contributed by atoms with Gasteiger partial charge in [-0.1, -0.05) is 36.0 Å². The monoisotopic (exact) mass is 474 g/mol. The lowest BCUT2D eigenvalue weighted by Crippen LogP contribution is -2.11. The van der Waals surface area contributed by atoms with E-state index in [-0.39, 0.29) is 5.91 Å². The molecule has 0 atom stereocenters. The second-order valence-electron chi connectivity index (χ2n) is 7.20. The van der Waals surface area contributed by atoms with Crippen LogP contribution in [0.2, 0.25) is 0 Å². The number of thioether (sulfide) groups is 1. The van der Waals surface area contributed by atoms with E-state index in [1.165, 1.54) is 11.3 Å². The Kier molecular flexibility index (Phi) is 5.68. The van der Waals surface area contributed by atoms with Crippen molar-refractivity contribution in [2.45, 2.75) is 10.9 Å². The van der Waals surface area contributed by atoms with Crippen LogP contribution in [0.15, 0.2) is 71.3 Å². The number of aromatic nitrogens is 4. The smallest absolute Gasteiger partial charge is 0.265 e. The highest BCUT2D eigenvalue weighted by Gasteiger charge is 2.12. The molecule has 0 aliphatic heterocycles. The first-order valence-corrected chi connectivity index (χ1v) is 11.8. The maximum Gasteiger partial charge on any atom is 0.265 e. The van der Waals surface area contributed by atoms with Gasteiger partial charge in [0.2, 0.25) is 0 Å². The molecule has 0 saturated carbocycles. The summed E-state index contributed by atoms with van der Waals surface area (Å²) in [6.07, 6.45) is 1.66. The molecule has 33 heavy (non-hydrogen) atoms. The minimum absolute atomic E-state index is 0.237. The normalized spacial score (nSPS) is 11.0. The summed E-state index contributed by atoms with van der Waals surface area (Å²) in [7, 11) is 0. The lowest BCUT2D eigenvalue weighted by Gasteiger charge is -2.04. The summed E-state index contributed by atoms with van der Waals surface area (Å²) >= 11 is 2.92. The third-order valence-electron chi connectivity index (χ3n) is 4.93. The molecule has 0 fully saturated rings. The van der Waals surface area contributed by atoms with Crippen LogP contribution in [0, 0.1) is 0 Å². The minimum Gasteiger partial charge on any atom is -0.364 e. The number of rotatable bonds is 7. The number of fused-ring (bicyclic) bond motifs is 1. The fourth-order valence-electron chi connectivity index (χ4n) is 3.22. The van der Waals surface area contributed by atoms with Crippen LogP contribution in [-0.4, -0.2) is 31.8 Å². The molecule has 0 aliphatic carbocycles. The van der Waals surface area contributed by atoms with Gasteiger partial charge in [0.1, 0.15) is 5.69 Å². The van der Waals surface area contributed by atoms with Crippen molar-refractivity contribution in [1.82, 2.24) is 19.9 Å². The van der Waals surface area contributed by atoms with E-state index >= 15 is 0 Å². The number of thiazole rings is 1. The number of imidazole rings is 1. The van der Waals surface area contributed by atoms with Crippen molar-refractivity contribution in [2.75, 3.05) is 5.32 Å². The number of primary amides is 1. The molecule has 2 aromatic carbocycles. The van der Waals surface area contributed by atoms with Crippen molar-refractivity contribution in [3.05, 3.63) is 83.0 Å². The van der Waals surface area contributed by atoms with Crippen LogP contribution in [0.3, 0.4) is 0 Å². The number of H-pyrrole nitrogens is 2. The van der Waals surface area contributed by atoms with Crippen molar-refractivity contribution in [2.24, 2.45) is 5.73 Å². The summed E-state index contributed by atoms with van der Waals surface area (Å²) < 4.78 is 0. The topological polar surface area (TPSA) is 130 Å². The van der Waals surface area contributed by atoms with Gasteiger partial charge >= 0.3 is 0 Å². The average Bonchev–Trinajstić information content (AvgIpc) is 3.56. The minimum atomic E-state index is -0.538. The predicted molar refractivity (Wildman–Crippen MR) is 130 cm³/mol. The van der Waals surface area contributed by atoms with E-state index in [2.05, 4.69) is 25.3 Å². The Labute approximate surface area is 196 Å². The molecule has 8 nitrogen and oxygen atoms in total. The van der Waals surface area contributed by atoms with Crippen molar-refractivity contribution in [3.8, 4) is 11.3 Å². The molecule has 0 saturated heterocycles. The predicted octanol–water partition coefficient (Wildman–Crippen LogP) is 4.66. The number of nitrogens with zero attached hydrogens (tertiary/aromatic N) is 2. The average molecular weight is 475 g/mol. The summed E-state index contributed by atoms with van der Waals surface area (Å²) in [5.74, 6) is -0.0367. The van der Waals surface area contributed by atoms with Gasteiger partial charge in [-0.3, -0.25) is 14.9 Å². The second kappa shape index (κ2) is 8.93. The summed E-state index contributed by atoms with van der Waals surface area (Å²) in [4.78, 5) is 38.9. The standard InChI is InChI=1S/C23H18N6O2S2/c24-20(30)18-9-15(10-25-18)19-12-33-23(28-19)29-21(31)14-7-5-13(6-8-14)11-32-22-26-16-3-1-2-4-17(16)27-22/h1-10,12,25H,11H2,(H2,24,30)(H,26,27)(H,28,29,31). The number of amides is 2. The van der Waals surface area contributed by atoms with Crippen LogP contribution in [-0.2, 0) is 5.75 Å². The van der Waals surface area contributed by atoms with E-state index in [1.54, 1.807) is 36.2 Å². The van der Waals surface area contributed by atoms with E-state index in [0.29, 0.717) is 22.1 Å². The molecule has 3 heterocycles. The molecule has 0 bridgehead atoms. The highest BCUT2D eigenvalue weighted by Crippen LogP contribution is 2.26. The third-order valence-corrected chi connectivity index (χ3v) is 6.63. The summed E-state index contributed by atoms with van der Waals surface area (Å²) in [5, 5.41) is 5.96. The summed E-state index contributed by atoms with van der Waals surface area (Å²) in [5.41, 5.74) is 10.5. The van der Waals surface area contributed by atoms with E-state index < -0.39 is 5.91 Å². The molecule has 5 aromatic rings. The zero-order chi connectivity index (χ0) is 22.8. The van der Waals surface area contributed by atoms with Crippen LogP contribution in [0.4, 0.5) is 5.13 Å². The van der Waals surface area contributed by atoms with Gasteiger partial charge < -0.3 is 15.7 Å². The Morgan fingerprint density at radius 1 is 1.09 bits per heavy atom. The third kappa shape index (κ3) is 4.66. The van der Waals surface area contributed by atoms with Gasteiger partial charge in [0.25, 0.3) is 11.8 Å². The van der Waals surface area contributed by atoms with E-state index in [4.69, 9.17) is 5.73 Å². The van der Waals surface area contributed by atoms with Gasteiger partial charge in [-0.05, 0) is 35.9 Å². The van der Waals surface area contributed by atoms with Gasteiger partial charge in [-0.2, -0.15) is 0 Å². The lowest BCUT2D eigenvalue weighted by atomic mass is 10.1. The van der Waals surface area contributed by atoms with Crippen LogP contribution < -0.4 is 11.1 Å². The molecule has 2 amide bonds. The SMILES string of the molecule is NC(=O)c1cc(-c2csc(NC(=O)c3ccc(CSc4nc5ccccc5[nH]4)cc3)n2)c[nH]1. The molecule has 0 spiro atoms. The van der Waals surface area contributed by atoms with Gasteiger partial charge in [-0.25, -0.2) is 9.97 Å². The van der Waals surface area contributed by atoms with Crippen molar-refractivity contribution < 1.29 is 9.59 Å². The summed E-state index contributed by atoms with van der Waals surface area (Å²) in [6.45, 7) is 0. The van der Waals surface area contributed by atoms with Gasteiger partial charge in [0, 0.05) is 28.5 Å². The Morgan fingerprint density at radius 3 is 2.67 bits per heavy atom. The number of nitrogens with two attached hydrogens (primary N) is 1. The van der Waals surface area contributed by atoms with Crippen LogP contribution in [0.1, 0.15) is 26.4 Å². The first kappa shape index (κ1) is 21.0. The number of benzene rings is 2. The first-order valence-electron chi connectivity index (χ1n) is 9.97. The maximum atomic E-state index is 12.6. The molecular formula is C23H18N6O2S2. The largest absolute Gasteiger partial charge is 0.364 e. The number of para-hydroxylation sites is 2. The Hall–Kier alpha value is -3.89. The quantitative estimate of drug-likeness (QED) is 0.255. The van der Waals surface area contributed by atoms with Crippen molar-refractivity contribution >= 4 is 51.1 Å². The van der Waals surface area contributed by atoms with Crippen LogP contribution >= 0.6 is 23.1 Å². The van der Waals surface area contributed by atoms with Gasteiger partial charge in [0.15, 0.2) is 10.3 Å². The zero-order valence-electron chi connectivity index (χ0n) is 17.2. The number of hydrogen-bond acceptors (Lipinski definition) is 6. The number of nitrogens with one attached hydrogen (secondary N) is 3. The second-order valence-corrected chi connectivity index (χ2v) is 9.03. The Morgan fingerprint density at radius 2 is 1.91 bits per heavy atom. The number of anilines is 1. The molecule has 5 rings (SSSR count). The van der Waals surface area contributed by atoms with Crippen LogP contribution in [0.5, 0.6) is 0 Å². The lowest BCUT2D eigenvalue weighted by molar-refractivity contribution is 0.0994. The van der Waals surface area contributed by atoms with E-state index in [1.807, 2.05) is 41.8 Å². The highest BCUT2D eigenvalue weighted by molar-refractivity contribution is 7.98. The molecule has 0 unspecified atom stereocenters. The maximum absolute atomic E-state index is 12.6. The van der Waals surface area contributed by atoms with Crippen molar-refractivity contribution in [1.29, 1.82) is 0 Å². The molecule has 5 N–H and O–H groups in total. The molecular weight excluding hydrogens is 456 g/mol. The number of hydrogen-bond donors (Lipinski definition) is 4. The van der Waals surface area contributed by atoms with Crippen molar-refractivity contribution in [3.63, 3.8) is 0 Å². The number of carbonyl (C=O) groups is 2. The first-order chi connectivity index (χ1) is 16.0. The highest BCUT2D eigenvalue weighted by atomic mass is 32.2. The van der Waals surface area contributed by atoms with E-state index in [0.717, 1.165) is 33.1 Å². The molecule has 0 aliphatic rings. The van der Waals surface area contributed by atoms with Crippen LogP contribution in [0.25, 0.3) is 22.3 Å².